The van der Waals surface area contributed by atoms with Crippen LogP contribution in [0.2, 0.25) is 0 Å². The van der Waals surface area contributed by atoms with Crippen LogP contribution in [0.3, 0.4) is 0 Å². The number of amides is 2. The summed E-state index contributed by atoms with van der Waals surface area (Å²) in [5.74, 6) is -0.152. The van der Waals surface area contributed by atoms with Crippen LogP contribution in [0.15, 0.2) is 28.2 Å². The zero-order chi connectivity index (χ0) is 13.5. The summed E-state index contributed by atoms with van der Waals surface area (Å²) in [6.07, 6.45) is 0.495. The topological polar surface area (TPSA) is 124 Å². The first-order valence-electron chi connectivity index (χ1n) is 4.60. The minimum atomic E-state index is -1.52. The van der Waals surface area contributed by atoms with Gasteiger partial charge in [-0.3, -0.25) is 5.32 Å². The van der Waals surface area contributed by atoms with Gasteiger partial charge in [0.25, 0.3) is 0 Å². The summed E-state index contributed by atoms with van der Waals surface area (Å²) in [5.41, 5.74) is 0. The Morgan fingerprint density at radius 3 is 2.56 bits per heavy atom. The fraction of sp³-hybridized carbons (Fsp3) is 0.111. The van der Waals surface area contributed by atoms with Crippen LogP contribution >= 0.6 is 11.8 Å². The maximum Gasteiger partial charge on any atom is 0.434 e. The number of anilines is 1. The minimum absolute atomic E-state index is 0.279. The second kappa shape index (κ2) is 6.45. The van der Waals surface area contributed by atoms with Gasteiger partial charge in [0.05, 0.1) is 0 Å². The molecule has 4 N–H and O–H groups in total. The van der Waals surface area contributed by atoms with E-state index < -0.39 is 18.1 Å². The third-order valence-corrected chi connectivity index (χ3v) is 2.36. The zero-order valence-electron chi connectivity index (χ0n) is 9.25. The van der Waals surface area contributed by atoms with Gasteiger partial charge < -0.3 is 15.5 Å². The lowest BCUT2D eigenvalue weighted by atomic mass is 10.4. The smallest absolute Gasteiger partial charge is 0.434 e. The fourth-order valence-electron chi connectivity index (χ4n) is 0.980. The van der Waals surface area contributed by atoms with Gasteiger partial charge in [0.15, 0.2) is 0 Å². The SMILES string of the molecule is CSc1ccc(NC(=NC(=O)O)NC(=O)O)nc1. The van der Waals surface area contributed by atoms with Crippen LogP contribution in [0, 0.1) is 0 Å². The second-order valence-corrected chi connectivity index (χ2v) is 3.76. The Morgan fingerprint density at radius 1 is 1.39 bits per heavy atom. The first-order chi connectivity index (χ1) is 8.51. The molecule has 0 saturated carbocycles. The molecule has 1 rings (SSSR count). The summed E-state index contributed by atoms with van der Waals surface area (Å²) >= 11 is 1.49. The molecule has 2 amide bonds. The van der Waals surface area contributed by atoms with Gasteiger partial charge in [-0.15, -0.1) is 16.8 Å². The molecular weight excluding hydrogens is 260 g/mol. The first-order valence-corrected chi connectivity index (χ1v) is 5.82. The molecule has 0 unspecified atom stereocenters. The van der Waals surface area contributed by atoms with Gasteiger partial charge in [-0.25, -0.2) is 14.6 Å². The summed E-state index contributed by atoms with van der Waals surface area (Å²) < 4.78 is 0. The monoisotopic (exact) mass is 270 g/mol. The van der Waals surface area contributed by atoms with E-state index in [-0.39, 0.29) is 5.82 Å². The normalized spacial score (nSPS) is 10.8. The van der Waals surface area contributed by atoms with Gasteiger partial charge in [-0.1, -0.05) is 0 Å². The van der Waals surface area contributed by atoms with Gasteiger partial charge in [-0.2, -0.15) is 0 Å². The summed E-state index contributed by atoms with van der Waals surface area (Å²) in [5, 5.41) is 21.2. The van der Waals surface area contributed by atoms with Gasteiger partial charge in [0.2, 0.25) is 5.96 Å². The van der Waals surface area contributed by atoms with Gasteiger partial charge in [-0.05, 0) is 18.4 Å². The van der Waals surface area contributed by atoms with Crippen molar-refractivity contribution in [3.05, 3.63) is 18.3 Å². The number of nitrogens with one attached hydrogen (secondary N) is 2. The van der Waals surface area contributed by atoms with Crippen molar-refractivity contribution in [1.82, 2.24) is 10.3 Å². The molecule has 0 aliphatic rings. The molecule has 8 nitrogen and oxygen atoms in total. The molecule has 9 heteroatoms. The minimum Gasteiger partial charge on any atom is -0.465 e. The van der Waals surface area contributed by atoms with E-state index in [2.05, 4.69) is 15.3 Å². The van der Waals surface area contributed by atoms with E-state index in [4.69, 9.17) is 10.2 Å². The van der Waals surface area contributed by atoms with Crippen LogP contribution in [0.5, 0.6) is 0 Å². The number of pyridine rings is 1. The fourth-order valence-corrected chi connectivity index (χ4v) is 1.34. The Bertz CT molecular complexity index is 474. The highest BCUT2D eigenvalue weighted by atomic mass is 32.2. The standard InChI is InChI=1S/C9H10N4O4S/c1-18-5-2-3-6(10-4-5)11-7(12-8(14)15)13-9(16)17/h2-4H,1H3,(H,14,15)(H,16,17)(H2,10,11,12,13). The van der Waals surface area contributed by atoms with Crippen LogP contribution in [-0.4, -0.2) is 39.6 Å². The van der Waals surface area contributed by atoms with Crippen molar-refractivity contribution in [2.75, 3.05) is 11.6 Å². The quantitative estimate of drug-likeness (QED) is 0.365. The third kappa shape index (κ3) is 4.70. The van der Waals surface area contributed by atoms with E-state index in [1.807, 2.05) is 11.6 Å². The Labute approximate surface area is 106 Å². The van der Waals surface area contributed by atoms with Crippen molar-refractivity contribution in [3.8, 4) is 0 Å². The second-order valence-electron chi connectivity index (χ2n) is 2.88. The summed E-state index contributed by atoms with van der Waals surface area (Å²) in [6, 6.07) is 3.33. The Balaban J connectivity index is 2.81. The molecule has 0 saturated heterocycles. The van der Waals surface area contributed by atoms with Crippen molar-refractivity contribution < 1.29 is 19.8 Å². The van der Waals surface area contributed by atoms with E-state index in [1.54, 1.807) is 18.3 Å². The van der Waals surface area contributed by atoms with Gasteiger partial charge >= 0.3 is 12.2 Å². The molecule has 0 aromatic carbocycles. The third-order valence-electron chi connectivity index (χ3n) is 1.65. The average Bonchev–Trinajstić information content (AvgIpc) is 2.28. The number of thioether (sulfide) groups is 1. The first kappa shape index (κ1) is 13.8. The maximum absolute atomic E-state index is 10.4. The highest BCUT2D eigenvalue weighted by Gasteiger charge is 2.07. The number of hydrogen-bond donors (Lipinski definition) is 4. The van der Waals surface area contributed by atoms with Crippen LogP contribution in [0.25, 0.3) is 0 Å². The van der Waals surface area contributed by atoms with Crippen molar-refractivity contribution in [2.24, 2.45) is 4.99 Å². The molecule has 0 aliphatic heterocycles. The largest absolute Gasteiger partial charge is 0.465 e. The molecule has 0 fully saturated rings. The maximum atomic E-state index is 10.4. The van der Waals surface area contributed by atoms with Crippen molar-refractivity contribution in [2.45, 2.75) is 4.90 Å². The molecule has 0 bridgehead atoms. The van der Waals surface area contributed by atoms with Gasteiger partial charge in [0, 0.05) is 11.1 Å². The number of carbonyl (C=O) groups is 2. The lowest BCUT2D eigenvalue weighted by molar-refractivity contribution is 0.200. The number of aromatic nitrogens is 1. The molecule has 96 valence electrons. The molecule has 0 atom stereocenters. The van der Waals surface area contributed by atoms with Crippen LogP contribution in [0.1, 0.15) is 0 Å². The average molecular weight is 270 g/mol. The van der Waals surface area contributed by atoms with Crippen LogP contribution < -0.4 is 10.6 Å². The predicted molar refractivity (Wildman–Crippen MR) is 66.3 cm³/mol. The number of carboxylic acid groups (broad SMARTS) is 2. The lowest BCUT2D eigenvalue weighted by Gasteiger charge is -2.07. The summed E-state index contributed by atoms with van der Waals surface area (Å²) in [7, 11) is 0. The molecule has 1 aromatic heterocycles. The highest BCUT2D eigenvalue weighted by molar-refractivity contribution is 7.98. The Hall–Kier alpha value is -2.29. The highest BCUT2D eigenvalue weighted by Crippen LogP contribution is 2.14. The van der Waals surface area contributed by atoms with E-state index in [0.717, 1.165) is 4.90 Å². The Morgan fingerprint density at radius 2 is 2.11 bits per heavy atom. The lowest BCUT2D eigenvalue weighted by Crippen LogP contribution is -2.35. The van der Waals surface area contributed by atoms with E-state index >= 15 is 0 Å². The Kier molecular flexibility index (Phi) is 4.93. The van der Waals surface area contributed by atoms with E-state index in [9.17, 15) is 9.59 Å². The summed E-state index contributed by atoms with van der Waals surface area (Å²) in [4.78, 5) is 28.8. The number of nitrogens with zero attached hydrogens (tertiary/aromatic N) is 2. The molecule has 1 aromatic rings. The molecular formula is C9H10N4O4S. The van der Waals surface area contributed by atoms with E-state index in [0.29, 0.717) is 0 Å². The predicted octanol–water partition coefficient (Wildman–Crippen LogP) is 1.52. The molecule has 0 aliphatic carbocycles. The zero-order valence-corrected chi connectivity index (χ0v) is 10.1. The molecule has 18 heavy (non-hydrogen) atoms. The van der Waals surface area contributed by atoms with Crippen LogP contribution in [-0.2, 0) is 0 Å². The van der Waals surface area contributed by atoms with Crippen molar-refractivity contribution in [1.29, 1.82) is 0 Å². The van der Waals surface area contributed by atoms with E-state index in [1.165, 1.54) is 11.8 Å². The number of guanidine groups is 1. The van der Waals surface area contributed by atoms with Gasteiger partial charge in [0.1, 0.15) is 5.82 Å². The molecule has 0 radical (unpaired) electrons. The molecule has 1 heterocycles. The van der Waals surface area contributed by atoms with Crippen molar-refractivity contribution in [3.63, 3.8) is 0 Å². The van der Waals surface area contributed by atoms with Crippen molar-refractivity contribution >= 4 is 35.7 Å². The number of hydrogen-bond acceptors (Lipinski definition) is 4. The van der Waals surface area contributed by atoms with Crippen LogP contribution in [0.4, 0.5) is 15.4 Å². The number of rotatable bonds is 2. The molecule has 0 spiro atoms. The summed E-state index contributed by atoms with van der Waals surface area (Å²) in [6.45, 7) is 0. The number of aliphatic imine (C=N–C) groups is 1.